The van der Waals surface area contributed by atoms with Gasteiger partial charge in [-0.25, -0.2) is 10.1 Å². The first-order chi connectivity index (χ1) is 15.9. The summed E-state index contributed by atoms with van der Waals surface area (Å²) in [6.45, 7) is 5.85. The van der Waals surface area contributed by atoms with E-state index in [1.807, 2.05) is 69.3 Å². The Morgan fingerprint density at radius 1 is 1.09 bits per heavy atom. The van der Waals surface area contributed by atoms with Crippen molar-refractivity contribution in [3.05, 3.63) is 76.6 Å². The maximum absolute atomic E-state index is 12.9. The van der Waals surface area contributed by atoms with E-state index in [1.165, 1.54) is 16.4 Å². The monoisotopic (exact) mass is 462 g/mol. The maximum atomic E-state index is 12.9. The fourth-order valence-corrected chi connectivity index (χ4v) is 3.84. The summed E-state index contributed by atoms with van der Waals surface area (Å²) in [7, 11) is 0. The molecule has 0 aliphatic heterocycles. The van der Waals surface area contributed by atoms with Crippen molar-refractivity contribution in [2.24, 2.45) is 5.10 Å². The number of anilines is 1. The second-order valence-electron chi connectivity index (χ2n) is 7.38. The van der Waals surface area contributed by atoms with Crippen molar-refractivity contribution in [2.75, 3.05) is 5.73 Å². The van der Waals surface area contributed by atoms with Gasteiger partial charge in [-0.05, 0) is 48.8 Å². The van der Waals surface area contributed by atoms with Crippen LogP contribution in [0.5, 0.6) is 0 Å². The number of hydrogen-bond donors (Lipinski definition) is 2. The Hall–Kier alpha value is -3.99. The quantitative estimate of drug-likeness (QED) is 0.242. The lowest BCUT2D eigenvalue weighted by molar-refractivity contribution is 0.0949. The topological polar surface area (TPSA) is 137 Å². The molecule has 33 heavy (non-hydrogen) atoms. The van der Waals surface area contributed by atoms with Crippen molar-refractivity contribution in [3.63, 3.8) is 0 Å². The van der Waals surface area contributed by atoms with E-state index in [4.69, 9.17) is 10.4 Å². The van der Waals surface area contributed by atoms with Gasteiger partial charge in [-0.15, -0.1) is 16.9 Å². The molecule has 168 valence electrons. The number of hydrazone groups is 1. The first-order valence-corrected chi connectivity index (χ1v) is 11.0. The van der Waals surface area contributed by atoms with Crippen molar-refractivity contribution in [2.45, 2.75) is 31.4 Å². The Bertz CT molecular complexity index is 1290. The molecule has 0 saturated heterocycles. The summed E-state index contributed by atoms with van der Waals surface area (Å²) in [5.74, 6) is 0.0931. The fraction of sp³-hybridized carbons (Fsp3) is 0.182. The predicted octanol–water partition coefficient (Wildman–Crippen LogP) is 3.30. The molecule has 0 aliphatic carbocycles. The van der Waals surface area contributed by atoms with Crippen LogP contribution in [-0.4, -0.2) is 36.9 Å². The summed E-state index contributed by atoms with van der Waals surface area (Å²) in [6.07, 6.45) is 0. The SMILES string of the molecule is CC(=NNC(=O)c1nnn(-c2nonc2N)c1CSc1ccc(C)cc1)c1ccc(C)cc1. The number of nitrogens with one attached hydrogen (secondary N) is 1. The van der Waals surface area contributed by atoms with E-state index in [0.717, 1.165) is 21.6 Å². The van der Waals surface area contributed by atoms with Crippen LogP contribution in [0.1, 0.15) is 39.8 Å². The van der Waals surface area contributed by atoms with Crippen LogP contribution in [0.25, 0.3) is 5.82 Å². The lowest BCUT2D eigenvalue weighted by Crippen LogP contribution is -2.21. The number of nitrogens with zero attached hydrogens (tertiary/aromatic N) is 6. The van der Waals surface area contributed by atoms with E-state index >= 15 is 0 Å². The van der Waals surface area contributed by atoms with Gasteiger partial charge in [0.25, 0.3) is 5.91 Å². The van der Waals surface area contributed by atoms with Crippen LogP contribution < -0.4 is 11.2 Å². The molecule has 10 nitrogen and oxygen atoms in total. The maximum Gasteiger partial charge on any atom is 0.293 e. The number of nitrogens with two attached hydrogens (primary N) is 1. The van der Waals surface area contributed by atoms with Gasteiger partial charge < -0.3 is 5.73 Å². The summed E-state index contributed by atoms with van der Waals surface area (Å²) in [6, 6.07) is 15.9. The molecular formula is C22H22N8O2S. The summed E-state index contributed by atoms with van der Waals surface area (Å²) in [5, 5.41) is 19.7. The first-order valence-electron chi connectivity index (χ1n) is 10.1. The third-order valence-electron chi connectivity index (χ3n) is 4.87. The highest BCUT2D eigenvalue weighted by Gasteiger charge is 2.24. The Morgan fingerprint density at radius 3 is 2.39 bits per heavy atom. The zero-order valence-electron chi connectivity index (χ0n) is 18.3. The van der Waals surface area contributed by atoms with Crippen LogP contribution in [0.15, 0.2) is 63.2 Å². The number of rotatable bonds is 7. The molecule has 0 fully saturated rings. The molecule has 4 aromatic rings. The van der Waals surface area contributed by atoms with Gasteiger partial charge in [0.15, 0.2) is 5.69 Å². The van der Waals surface area contributed by atoms with Gasteiger partial charge >= 0.3 is 0 Å². The predicted molar refractivity (Wildman–Crippen MR) is 125 cm³/mol. The number of carbonyl (C=O) groups is 1. The minimum absolute atomic E-state index is 0.0432. The lowest BCUT2D eigenvalue weighted by Gasteiger charge is -2.07. The first kappa shape index (κ1) is 22.2. The van der Waals surface area contributed by atoms with Gasteiger partial charge in [0.2, 0.25) is 11.6 Å². The van der Waals surface area contributed by atoms with Crippen LogP contribution >= 0.6 is 11.8 Å². The van der Waals surface area contributed by atoms with E-state index in [9.17, 15) is 4.79 Å². The molecule has 3 N–H and O–H groups in total. The van der Waals surface area contributed by atoms with Gasteiger partial charge in [0.05, 0.1) is 11.4 Å². The third-order valence-corrected chi connectivity index (χ3v) is 5.89. The molecule has 0 atom stereocenters. The smallest absolute Gasteiger partial charge is 0.293 e. The van der Waals surface area contributed by atoms with Crippen molar-refractivity contribution in [3.8, 4) is 5.82 Å². The average molecular weight is 463 g/mol. The number of thioether (sulfide) groups is 1. The molecule has 4 rings (SSSR count). The molecule has 0 spiro atoms. The minimum atomic E-state index is -0.498. The Balaban J connectivity index is 1.59. The number of benzene rings is 2. The van der Waals surface area contributed by atoms with Crippen molar-refractivity contribution in [1.82, 2.24) is 30.7 Å². The van der Waals surface area contributed by atoms with E-state index in [2.05, 4.69) is 31.2 Å². The van der Waals surface area contributed by atoms with Gasteiger partial charge in [-0.3, -0.25) is 4.79 Å². The van der Waals surface area contributed by atoms with Crippen LogP contribution in [0.2, 0.25) is 0 Å². The van der Waals surface area contributed by atoms with Crippen LogP contribution in [0.3, 0.4) is 0 Å². The Labute approximate surface area is 194 Å². The van der Waals surface area contributed by atoms with Crippen LogP contribution in [-0.2, 0) is 5.75 Å². The second-order valence-corrected chi connectivity index (χ2v) is 8.42. The van der Waals surface area contributed by atoms with Gasteiger partial charge in [0, 0.05) is 10.6 Å². The molecule has 2 aromatic carbocycles. The number of aryl methyl sites for hydroxylation is 2. The molecule has 0 aliphatic rings. The molecule has 0 radical (unpaired) electrons. The standard InChI is InChI=1S/C22H22N8O2S/c1-13-4-8-16(9-5-13)15(3)24-26-22(31)19-18(12-33-17-10-6-14(2)7-11-17)30(29-25-19)21-20(23)27-32-28-21/h4-11H,12H2,1-3H3,(H2,23,27)(H,26,31). The van der Waals surface area contributed by atoms with Crippen molar-refractivity contribution in [1.29, 1.82) is 0 Å². The summed E-state index contributed by atoms with van der Waals surface area (Å²) in [4.78, 5) is 14.0. The normalized spacial score (nSPS) is 11.5. The third kappa shape index (κ3) is 5.09. The summed E-state index contributed by atoms with van der Waals surface area (Å²) >= 11 is 1.52. The van der Waals surface area contributed by atoms with E-state index in [0.29, 0.717) is 17.2 Å². The lowest BCUT2D eigenvalue weighted by atomic mass is 10.1. The molecule has 11 heteroatoms. The highest BCUT2D eigenvalue weighted by atomic mass is 32.2. The highest BCUT2D eigenvalue weighted by Crippen LogP contribution is 2.26. The van der Waals surface area contributed by atoms with Crippen LogP contribution in [0, 0.1) is 13.8 Å². The van der Waals surface area contributed by atoms with Crippen LogP contribution in [0.4, 0.5) is 5.82 Å². The number of hydrogen-bond acceptors (Lipinski definition) is 9. The Morgan fingerprint density at radius 2 is 1.76 bits per heavy atom. The molecule has 0 bridgehead atoms. The van der Waals surface area contributed by atoms with E-state index in [-0.39, 0.29) is 17.3 Å². The molecule has 2 heterocycles. The summed E-state index contributed by atoms with van der Waals surface area (Å²) < 4.78 is 6.05. The number of amides is 1. The van der Waals surface area contributed by atoms with E-state index in [1.54, 1.807) is 0 Å². The number of carbonyl (C=O) groups excluding carboxylic acids is 1. The van der Waals surface area contributed by atoms with E-state index < -0.39 is 5.91 Å². The molecule has 2 aromatic heterocycles. The fourth-order valence-electron chi connectivity index (χ4n) is 2.95. The van der Waals surface area contributed by atoms with Gasteiger partial charge in [0.1, 0.15) is 0 Å². The zero-order valence-corrected chi connectivity index (χ0v) is 19.1. The minimum Gasteiger partial charge on any atom is -0.378 e. The Kier molecular flexibility index (Phi) is 6.50. The molecular weight excluding hydrogens is 440 g/mol. The molecule has 0 unspecified atom stereocenters. The zero-order chi connectivity index (χ0) is 23.4. The van der Waals surface area contributed by atoms with Gasteiger partial charge in [-0.1, -0.05) is 52.7 Å². The number of nitrogen functional groups attached to an aromatic ring is 1. The highest BCUT2D eigenvalue weighted by molar-refractivity contribution is 7.98. The van der Waals surface area contributed by atoms with Gasteiger partial charge in [-0.2, -0.15) is 9.78 Å². The van der Waals surface area contributed by atoms with Crippen molar-refractivity contribution >= 4 is 29.2 Å². The summed E-state index contributed by atoms with van der Waals surface area (Å²) in [5.41, 5.74) is 12.9. The molecule has 0 saturated carbocycles. The number of aromatic nitrogens is 5. The average Bonchev–Trinajstić information content (AvgIpc) is 3.43. The largest absolute Gasteiger partial charge is 0.378 e. The second kappa shape index (κ2) is 9.65. The van der Waals surface area contributed by atoms with Crippen molar-refractivity contribution < 1.29 is 9.42 Å². The molecule has 1 amide bonds.